The summed E-state index contributed by atoms with van der Waals surface area (Å²) in [5.74, 6) is 0.173. The van der Waals surface area contributed by atoms with Crippen LogP contribution in [0, 0.1) is 6.92 Å². The van der Waals surface area contributed by atoms with Crippen molar-refractivity contribution in [3.8, 4) is 5.75 Å². The second kappa shape index (κ2) is 9.19. The van der Waals surface area contributed by atoms with Crippen molar-refractivity contribution >= 4 is 38.9 Å². The van der Waals surface area contributed by atoms with Crippen LogP contribution in [0.15, 0.2) is 77.7 Å². The highest BCUT2D eigenvalue weighted by Gasteiger charge is 2.28. The molecule has 0 saturated heterocycles. The van der Waals surface area contributed by atoms with Crippen LogP contribution in [0.25, 0.3) is 0 Å². The Morgan fingerprint density at radius 1 is 1.03 bits per heavy atom. The number of anilines is 2. The third kappa shape index (κ3) is 4.93. The lowest BCUT2D eigenvalue weighted by molar-refractivity contribution is -0.114. The van der Waals surface area contributed by atoms with Gasteiger partial charge in [0.05, 0.1) is 17.7 Å². The molecule has 156 valence electrons. The molecule has 0 saturated carbocycles. The van der Waals surface area contributed by atoms with Crippen LogP contribution in [0.3, 0.4) is 0 Å². The zero-order valence-electron chi connectivity index (χ0n) is 16.5. The second-order valence-electron chi connectivity index (χ2n) is 6.53. The maximum atomic E-state index is 13.3. The average Bonchev–Trinajstić information content (AvgIpc) is 2.73. The molecule has 0 fully saturated rings. The molecule has 6 nitrogen and oxygen atoms in total. The normalized spacial score (nSPS) is 11.0. The number of rotatable bonds is 7. The van der Waals surface area contributed by atoms with Gasteiger partial charge in [-0.2, -0.15) is 0 Å². The van der Waals surface area contributed by atoms with Gasteiger partial charge in [0, 0.05) is 10.7 Å². The third-order valence-electron chi connectivity index (χ3n) is 4.42. The summed E-state index contributed by atoms with van der Waals surface area (Å²) >= 11 is 6.03. The van der Waals surface area contributed by atoms with E-state index in [2.05, 4.69) is 5.32 Å². The highest BCUT2D eigenvalue weighted by Crippen LogP contribution is 2.29. The van der Waals surface area contributed by atoms with E-state index >= 15 is 0 Å². The standard InChI is InChI=1S/C22H21ClN2O4S/c1-16-14-17(23)8-13-21(16)25(30(27,28)20-6-4-3-5-7-20)15-22(26)24-18-9-11-19(29-2)12-10-18/h3-14H,15H2,1-2H3,(H,24,26). The largest absolute Gasteiger partial charge is 0.497 e. The van der Waals surface area contributed by atoms with E-state index in [1.165, 1.54) is 12.1 Å². The molecule has 0 unspecified atom stereocenters. The van der Waals surface area contributed by atoms with E-state index in [9.17, 15) is 13.2 Å². The van der Waals surface area contributed by atoms with E-state index in [-0.39, 0.29) is 4.90 Å². The molecule has 0 bridgehead atoms. The molecule has 0 heterocycles. The van der Waals surface area contributed by atoms with E-state index < -0.39 is 22.5 Å². The molecule has 1 amide bonds. The molecule has 0 radical (unpaired) electrons. The monoisotopic (exact) mass is 444 g/mol. The average molecular weight is 445 g/mol. The lowest BCUT2D eigenvalue weighted by atomic mass is 10.2. The Hall–Kier alpha value is -3.03. The minimum atomic E-state index is -3.98. The fourth-order valence-corrected chi connectivity index (χ4v) is 4.66. The van der Waals surface area contributed by atoms with Gasteiger partial charge in [0.15, 0.2) is 0 Å². The van der Waals surface area contributed by atoms with Gasteiger partial charge in [-0.05, 0) is 67.1 Å². The Morgan fingerprint density at radius 2 is 1.70 bits per heavy atom. The van der Waals surface area contributed by atoms with Crippen molar-refractivity contribution in [2.45, 2.75) is 11.8 Å². The van der Waals surface area contributed by atoms with Crippen molar-refractivity contribution in [3.05, 3.63) is 83.4 Å². The van der Waals surface area contributed by atoms with E-state index in [0.29, 0.717) is 27.7 Å². The van der Waals surface area contributed by atoms with Crippen LogP contribution in [-0.2, 0) is 14.8 Å². The fraction of sp³-hybridized carbons (Fsp3) is 0.136. The number of hydrogen-bond donors (Lipinski definition) is 1. The quantitative estimate of drug-likeness (QED) is 0.582. The van der Waals surface area contributed by atoms with Crippen LogP contribution < -0.4 is 14.4 Å². The highest BCUT2D eigenvalue weighted by atomic mass is 35.5. The van der Waals surface area contributed by atoms with Crippen molar-refractivity contribution in [1.82, 2.24) is 0 Å². The van der Waals surface area contributed by atoms with Gasteiger partial charge in [-0.3, -0.25) is 9.10 Å². The van der Waals surface area contributed by atoms with Crippen LogP contribution in [0.4, 0.5) is 11.4 Å². The first-order valence-corrected chi connectivity index (χ1v) is 10.9. The molecule has 0 spiro atoms. The predicted molar refractivity (Wildman–Crippen MR) is 119 cm³/mol. The number of hydrogen-bond acceptors (Lipinski definition) is 4. The van der Waals surface area contributed by atoms with Crippen LogP contribution >= 0.6 is 11.6 Å². The number of benzene rings is 3. The lowest BCUT2D eigenvalue weighted by Crippen LogP contribution is -2.38. The highest BCUT2D eigenvalue weighted by molar-refractivity contribution is 7.92. The first-order chi connectivity index (χ1) is 14.3. The summed E-state index contributed by atoms with van der Waals surface area (Å²) in [5, 5.41) is 3.20. The summed E-state index contributed by atoms with van der Waals surface area (Å²) < 4.78 is 32.9. The number of carbonyl (C=O) groups excluding carboxylic acids is 1. The third-order valence-corrected chi connectivity index (χ3v) is 6.43. The number of nitrogens with one attached hydrogen (secondary N) is 1. The summed E-state index contributed by atoms with van der Waals surface area (Å²) in [6.45, 7) is 1.35. The number of aryl methyl sites for hydroxylation is 1. The Labute approximate surface area is 181 Å². The SMILES string of the molecule is COc1ccc(NC(=O)CN(c2ccc(Cl)cc2C)S(=O)(=O)c2ccccc2)cc1. The zero-order valence-corrected chi connectivity index (χ0v) is 18.1. The number of amides is 1. The van der Waals surface area contributed by atoms with Crippen molar-refractivity contribution in [2.75, 3.05) is 23.3 Å². The molecule has 0 aromatic heterocycles. The number of nitrogens with zero attached hydrogens (tertiary/aromatic N) is 1. The van der Waals surface area contributed by atoms with Gasteiger partial charge in [0.2, 0.25) is 5.91 Å². The number of halogens is 1. The molecule has 3 rings (SSSR count). The number of methoxy groups -OCH3 is 1. The van der Waals surface area contributed by atoms with Crippen LogP contribution in [0.2, 0.25) is 5.02 Å². The van der Waals surface area contributed by atoms with E-state index in [4.69, 9.17) is 16.3 Å². The predicted octanol–water partition coefficient (Wildman–Crippen LogP) is 4.49. The first-order valence-electron chi connectivity index (χ1n) is 9.09. The molecule has 1 N–H and O–H groups in total. The Balaban J connectivity index is 1.94. The van der Waals surface area contributed by atoms with E-state index in [1.807, 2.05) is 0 Å². The van der Waals surface area contributed by atoms with Crippen molar-refractivity contribution < 1.29 is 17.9 Å². The molecule has 8 heteroatoms. The van der Waals surface area contributed by atoms with E-state index in [1.54, 1.807) is 74.7 Å². The fourth-order valence-electron chi connectivity index (χ4n) is 2.92. The topological polar surface area (TPSA) is 75.7 Å². The maximum Gasteiger partial charge on any atom is 0.264 e. The lowest BCUT2D eigenvalue weighted by Gasteiger charge is -2.25. The van der Waals surface area contributed by atoms with Gasteiger partial charge < -0.3 is 10.1 Å². The molecule has 3 aromatic rings. The van der Waals surface area contributed by atoms with Gasteiger partial charge in [0.25, 0.3) is 10.0 Å². The van der Waals surface area contributed by atoms with Crippen LogP contribution in [-0.4, -0.2) is 28.0 Å². The van der Waals surface area contributed by atoms with Crippen LogP contribution in [0.5, 0.6) is 5.75 Å². The number of sulfonamides is 1. The minimum Gasteiger partial charge on any atom is -0.497 e. The molecule has 3 aromatic carbocycles. The van der Waals surface area contributed by atoms with Crippen molar-refractivity contribution in [2.24, 2.45) is 0 Å². The molecule has 0 aliphatic carbocycles. The molecule has 0 atom stereocenters. The minimum absolute atomic E-state index is 0.0941. The van der Waals surface area contributed by atoms with E-state index in [0.717, 1.165) is 4.31 Å². The summed E-state index contributed by atoms with van der Waals surface area (Å²) in [7, 11) is -2.43. The van der Waals surface area contributed by atoms with Crippen LogP contribution in [0.1, 0.15) is 5.56 Å². The number of carbonyl (C=O) groups is 1. The summed E-state index contributed by atoms with van der Waals surface area (Å²) in [4.78, 5) is 12.8. The molecule has 30 heavy (non-hydrogen) atoms. The zero-order chi connectivity index (χ0) is 21.7. The van der Waals surface area contributed by atoms with Gasteiger partial charge >= 0.3 is 0 Å². The van der Waals surface area contributed by atoms with Gasteiger partial charge in [-0.15, -0.1) is 0 Å². The summed E-state index contributed by atoms with van der Waals surface area (Å²) in [6, 6.07) is 19.6. The van der Waals surface area contributed by atoms with Gasteiger partial charge in [-0.1, -0.05) is 29.8 Å². The Kier molecular flexibility index (Phi) is 6.64. The molecule has 0 aliphatic rings. The second-order valence-corrected chi connectivity index (χ2v) is 8.83. The van der Waals surface area contributed by atoms with Gasteiger partial charge in [-0.25, -0.2) is 8.42 Å². The molecule has 0 aliphatic heterocycles. The Morgan fingerprint density at radius 3 is 2.30 bits per heavy atom. The van der Waals surface area contributed by atoms with Crippen molar-refractivity contribution in [3.63, 3.8) is 0 Å². The smallest absolute Gasteiger partial charge is 0.264 e. The first kappa shape index (κ1) is 21.7. The Bertz CT molecular complexity index is 1130. The molecular weight excluding hydrogens is 424 g/mol. The van der Waals surface area contributed by atoms with Gasteiger partial charge in [0.1, 0.15) is 12.3 Å². The van der Waals surface area contributed by atoms with Crippen molar-refractivity contribution in [1.29, 1.82) is 0 Å². The number of ether oxygens (including phenoxy) is 1. The summed E-state index contributed by atoms with van der Waals surface area (Å²) in [5.41, 5.74) is 1.55. The maximum absolute atomic E-state index is 13.3. The molecular formula is C22H21ClN2O4S. The summed E-state index contributed by atoms with van der Waals surface area (Å²) in [6.07, 6.45) is 0.